The van der Waals surface area contributed by atoms with Gasteiger partial charge in [-0.2, -0.15) is 0 Å². The van der Waals surface area contributed by atoms with Crippen LogP contribution in [0.15, 0.2) is 0 Å². The van der Waals surface area contributed by atoms with Crippen LogP contribution in [0, 0.1) is 11.8 Å². The molecule has 3 atom stereocenters. The Balaban J connectivity index is 1.93. The molecule has 4 amide bonds. The second kappa shape index (κ2) is 5.66. The van der Waals surface area contributed by atoms with Crippen molar-refractivity contribution in [2.24, 2.45) is 11.8 Å². The van der Waals surface area contributed by atoms with E-state index in [9.17, 15) is 14.4 Å². The zero-order valence-corrected chi connectivity index (χ0v) is 13.2. The number of urea groups is 1. The maximum absolute atomic E-state index is 12.1. The summed E-state index contributed by atoms with van der Waals surface area (Å²) in [5.74, 6) is 0.386. The number of hydrogen-bond donors (Lipinski definition) is 2. The number of carbonyl (C=O) groups is 3. The molecule has 0 aromatic heterocycles. The van der Waals surface area contributed by atoms with Crippen LogP contribution >= 0.6 is 0 Å². The predicted molar refractivity (Wildman–Crippen MR) is 78.4 cm³/mol. The molecule has 2 rings (SSSR count). The molecule has 1 aliphatic heterocycles. The lowest BCUT2D eigenvalue weighted by molar-refractivity contribution is -0.134. The minimum absolute atomic E-state index is 0.134. The Morgan fingerprint density at radius 3 is 2.57 bits per heavy atom. The van der Waals surface area contributed by atoms with Gasteiger partial charge in [0, 0.05) is 6.04 Å². The van der Waals surface area contributed by atoms with E-state index >= 15 is 0 Å². The van der Waals surface area contributed by atoms with E-state index in [4.69, 9.17) is 0 Å². The standard InChI is InChI=1S/C15H25N3O3/c1-9-6-5-7-11(10(9)2)16-12(19)8-18-13(20)15(3,4)17-14(18)21/h9-11H,5-8H2,1-4H3,(H,16,19)(H,17,21)/t9-,10+,11-/m0/s1. The van der Waals surface area contributed by atoms with Crippen molar-refractivity contribution >= 4 is 17.8 Å². The second-order valence-corrected chi connectivity index (χ2v) is 6.89. The lowest BCUT2D eigenvalue weighted by Crippen LogP contribution is -2.48. The molecule has 0 aromatic carbocycles. The van der Waals surface area contributed by atoms with Gasteiger partial charge in [0.15, 0.2) is 0 Å². The van der Waals surface area contributed by atoms with E-state index in [0.717, 1.165) is 17.7 Å². The van der Waals surface area contributed by atoms with E-state index in [1.165, 1.54) is 6.42 Å². The third-order valence-electron chi connectivity index (χ3n) is 4.80. The predicted octanol–water partition coefficient (Wildman–Crippen LogP) is 1.26. The van der Waals surface area contributed by atoms with Crippen LogP contribution in [0.2, 0.25) is 0 Å². The Morgan fingerprint density at radius 2 is 2.00 bits per heavy atom. The molecule has 2 aliphatic rings. The zero-order valence-electron chi connectivity index (χ0n) is 13.2. The fourth-order valence-corrected chi connectivity index (χ4v) is 3.14. The Labute approximate surface area is 125 Å². The van der Waals surface area contributed by atoms with Gasteiger partial charge in [0.05, 0.1) is 0 Å². The molecule has 0 spiro atoms. The highest BCUT2D eigenvalue weighted by atomic mass is 16.2. The third kappa shape index (κ3) is 3.19. The summed E-state index contributed by atoms with van der Waals surface area (Å²) in [6.45, 7) is 7.41. The number of amides is 4. The maximum Gasteiger partial charge on any atom is 0.325 e. The van der Waals surface area contributed by atoms with Crippen molar-refractivity contribution in [3.8, 4) is 0 Å². The summed E-state index contributed by atoms with van der Waals surface area (Å²) in [6, 6.07) is -0.361. The Hall–Kier alpha value is -1.59. The van der Waals surface area contributed by atoms with Gasteiger partial charge in [-0.1, -0.05) is 26.7 Å². The minimum Gasteiger partial charge on any atom is -0.352 e. The lowest BCUT2D eigenvalue weighted by Gasteiger charge is -2.34. The van der Waals surface area contributed by atoms with Gasteiger partial charge in [0.25, 0.3) is 5.91 Å². The van der Waals surface area contributed by atoms with Crippen LogP contribution < -0.4 is 10.6 Å². The van der Waals surface area contributed by atoms with Gasteiger partial charge in [-0.15, -0.1) is 0 Å². The average molecular weight is 295 g/mol. The molecule has 2 N–H and O–H groups in total. The van der Waals surface area contributed by atoms with E-state index in [-0.39, 0.29) is 24.4 Å². The number of nitrogens with one attached hydrogen (secondary N) is 2. The molecule has 0 bridgehead atoms. The van der Waals surface area contributed by atoms with Gasteiger partial charge in [0.2, 0.25) is 5.91 Å². The number of hydrogen-bond acceptors (Lipinski definition) is 3. The van der Waals surface area contributed by atoms with Crippen molar-refractivity contribution in [1.82, 2.24) is 15.5 Å². The van der Waals surface area contributed by atoms with E-state index in [1.807, 2.05) is 0 Å². The second-order valence-electron chi connectivity index (χ2n) is 6.89. The molecule has 6 nitrogen and oxygen atoms in total. The first-order valence-electron chi connectivity index (χ1n) is 7.66. The van der Waals surface area contributed by atoms with Crippen LogP contribution in [-0.2, 0) is 9.59 Å². The highest BCUT2D eigenvalue weighted by molar-refractivity contribution is 6.08. The van der Waals surface area contributed by atoms with Gasteiger partial charge in [0.1, 0.15) is 12.1 Å². The van der Waals surface area contributed by atoms with Crippen LogP contribution in [0.25, 0.3) is 0 Å². The van der Waals surface area contributed by atoms with Gasteiger partial charge >= 0.3 is 6.03 Å². The molecule has 1 saturated heterocycles. The molecule has 1 saturated carbocycles. The molecule has 2 fully saturated rings. The smallest absolute Gasteiger partial charge is 0.325 e. The fraction of sp³-hybridized carbons (Fsp3) is 0.800. The van der Waals surface area contributed by atoms with Crippen molar-refractivity contribution in [3.63, 3.8) is 0 Å². The van der Waals surface area contributed by atoms with Crippen LogP contribution in [-0.4, -0.2) is 40.9 Å². The third-order valence-corrected chi connectivity index (χ3v) is 4.80. The Morgan fingerprint density at radius 1 is 1.33 bits per heavy atom. The van der Waals surface area contributed by atoms with Crippen LogP contribution in [0.4, 0.5) is 4.79 Å². The molecule has 0 aromatic rings. The molecule has 1 heterocycles. The van der Waals surface area contributed by atoms with Gasteiger partial charge in [-0.05, 0) is 32.1 Å². The number of imide groups is 1. The largest absolute Gasteiger partial charge is 0.352 e. The van der Waals surface area contributed by atoms with Crippen molar-refractivity contribution in [3.05, 3.63) is 0 Å². The molecular formula is C15H25N3O3. The summed E-state index contributed by atoms with van der Waals surface area (Å²) >= 11 is 0. The summed E-state index contributed by atoms with van der Waals surface area (Å²) in [5, 5.41) is 5.56. The summed E-state index contributed by atoms with van der Waals surface area (Å²) < 4.78 is 0. The van der Waals surface area contributed by atoms with Crippen molar-refractivity contribution in [2.45, 2.75) is 58.5 Å². The summed E-state index contributed by atoms with van der Waals surface area (Å²) in [7, 11) is 0. The first-order valence-corrected chi connectivity index (χ1v) is 7.66. The SMILES string of the molecule is C[C@H]1[C@@H](NC(=O)CN2C(=O)NC(C)(C)C2=O)CCC[C@@H]1C. The first-order chi connectivity index (χ1) is 9.72. The number of nitrogens with zero attached hydrogens (tertiary/aromatic N) is 1. The van der Waals surface area contributed by atoms with Crippen LogP contribution in [0.1, 0.15) is 47.0 Å². The van der Waals surface area contributed by atoms with E-state index in [0.29, 0.717) is 11.8 Å². The van der Waals surface area contributed by atoms with Gasteiger partial charge < -0.3 is 10.6 Å². The fourth-order valence-electron chi connectivity index (χ4n) is 3.14. The van der Waals surface area contributed by atoms with Gasteiger partial charge in [-0.25, -0.2) is 4.79 Å². The Bertz CT molecular complexity index is 461. The first kappa shape index (κ1) is 15.8. The molecule has 1 aliphatic carbocycles. The summed E-state index contributed by atoms with van der Waals surface area (Å²) in [5.41, 5.74) is -0.927. The molecule has 6 heteroatoms. The highest BCUT2D eigenvalue weighted by Crippen LogP contribution is 2.29. The van der Waals surface area contributed by atoms with Crippen molar-refractivity contribution in [1.29, 1.82) is 0 Å². The molecule has 21 heavy (non-hydrogen) atoms. The van der Waals surface area contributed by atoms with Crippen molar-refractivity contribution in [2.75, 3.05) is 6.54 Å². The molecule has 0 unspecified atom stereocenters. The maximum atomic E-state index is 12.1. The minimum atomic E-state index is -0.927. The van der Waals surface area contributed by atoms with E-state index in [1.54, 1.807) is 13.8 Å². The van der Waals surface area contributed by atoms with Gasteiger partial charge in [-0.3, -0.25) is 14.5 Å². The van der Waals surface area contributed by atoms with Crippen LogP contribution in [0.5, 0.6) is 0 Å². The number of carbonyl (C=O) groups excluding carboxylic acids is 3. The summed E-state index contributed by atoms with van der Waals surface area (Å²) in [6.07, 6.45) is 3.25. The molecule has 118 valence electrons. The topological polar surface area (TPSA) is 78.5 Å². The van der Waals surface area contributed by atoms with Crippen molar-refractivity contribution < 1.29 is 14.4 Å². The summed E-state index contributed by atoms with van der Waals surface area (Å²) in [4.78, 5) is 36.9. The Kier molecular flexibility index (Phi) is 4.25. The van der Waals surface area contributed by atoms with Crippen LogP contribution in [0.3, 0.4) is 0 Å². The number of rotatable bonds is 3. The molecule has 0 radical (unpaired) electrons. The normalized spacial score (nSPS) is 32.0. The highest BCUT2D eigenvalue weighted by Gasteiger charge is 2.45. The monoisotopic (exact) mass is 295 g/mol. The quantitative estimate of drug-likeness (QED) is 0.769. The van der Waals surface area contributed by atoms with E-state index in [2.05, 4.69) is 24.5 Å². The van der Waals surface area contributed by atoms with E-state index < -0.39 is 11.6 Å². The molecular weight excluding hydrogens is 270 g/mol. The average Bonchev–Trinajstić information content (AvgIpc) is 2.57. The zero-order chi connectivity index (χ0) is 15.8. The lowest BCUT2D eigenvalue weighted by atomic mass is 9.78.